The van der Waals surface area contributed by atoms with Gasteiger partial charge >= 0.3 is 0 Å². The second-order valence-electron chi connectivity index (χ2n) is 8.15. The number of carbonyl (C=O) groups is 1. The fraction of sp³-hybridized carbons (Fsp3) is 0.435. The fourth-order valence-corrected chi connectivity index (χ4v) is 4.42. The Morgan fingerprint density at radius 3 is 2.62 bits per heavy atom. The van der Waals surface area contributed by atoms with Crippen molar-refractivity contribution >= 4 is 17.2 Å². The zero-order valence-corrected chi connectivity index (χ0v) is 19.5. The number of aliphatic hydroxyl groups excluding tert-OH is 2. The molecular weight excluding hydrogens is 430 g/mol. The van der Waals surface area contributed by atoms with Crippen molar-refractivity contribution in [1.82, 2.24) is 15.5 Å². The predicted octanol–water partition coefficient (Wildman–Crippen LogP) is 3.13. The van der Waals surface area contributed by atoms with Gasteiger partial charge in [0.15, 0.2) is 0 Å². The average Bonchev–Trinajstić information content (AvgIpc) is 3.40. The van der Waals surface area contributed by atoms with Crippen molar-refractivity contribution in [2.24, 2.45) is 5.92 Å². The summed E-state index contributed by atoms with van der Waals surface area (Å²) in [6, 6.07) is 7.94. The van der Waals surface area contributed by atoms with E-state index in [0.717, 1.165) is 28.0 Å². The molecule has 2 aromatic heterocycles. The average molecular weight is 460 g/mol. The molecule has 1 aromatic carbocycles. The van der Waals surface area contributed by atoms with Gasteiger partial charge in [0.1, 0.15) is 25.1 Å². The minimum Gasteiger partial charge on any atom is -0.490 e. The molecule has 1 amide bonds. The van der Waals surface area contributed by atoms with E-state index in [2.05, 4.69) is 35.4 Å². The Hall–Kier alpha value is -2.75. The maximum absolute atomic E-state index is 11.1. The van der Waals surface area contributed by atoms with E-state index in [4.69, 9.17) is 14.4 Å². The second kappa shape index (κ2) is 10.7. The Balaban J connectivity index is 1.68. The zero-order valence-electron chi connectivity index (χ0n) is 18.7. The molecule has 1 unspecified atom stereocenters. The van der Waals surface area contributed by atoms with Gasteiger partial charge in [-0.15, -0.1) is 11.3 Å². The predicted molar refractivity (Wildman–Crippen MR) is 123 cm³/mol. The maximum Gasteiger partial charge on any atom is 0.268 e. The molecule has 8 nitrogen and oxygen atoms in total. The van der Waals surface area contributed by atoms with Crippen LogP contribution in [-0.4, -0.2) is 52.1 Å². The Kier molecular flexibility index (Phi) is 8.00. The number of nitrogens with zero attached hydrogens (tertiary/aromatic N) is 2. The summed E-state index contributed by atoms with van der Waals surface area (Å²) >= 11 is 1.67. The van der Waals surface area contributed by atoms with Crippen LogP contribution in [0.15, 0.2) is 28.8 Å². The fourth-order valence-electron chi connectivity index (χ4n) is 3.28. The summed E-state index contributed by atoms with van der Waals surface area (Å²) in [6.07, 6.45) is 0.128. The number of aliphatic hydroxyl groups is 2. The molecule has 0 aliphatic heterocycles. The van der Waals surface area contributed by atoms with Crippen molar-refractivity contribution in [1.29, 1.82) is 0 Å². The van der Waals surface area contributed by atoms with Gasteiger partial charge in [-0.2, -0.15) is 4.98 Å². The first-order valence-electron chi connectivity index (χ1n) is 10.5. The van der Waals surface area contributed by atoms with Crippen LogP contribution in [0.25, 0.3) is 22.2 Å². The molecule has 0 bridgehead atoms. The lowest BCUT2D eigenvalue weighted by molar-refractivity contribution is -0.124. The normalized spacial score (nSPS) is 12.2. The summed E-state index contributed by atoms with van der Waals surface area (Å²) in [5.74, 6) is 1.71. The monoisotopic (exact) mass is 459 g/mol. The molecule has 0 spiro atoms. The van der Waals surface area contributed by atoms with Gasteiger partial charge in [0.25, 0.3) is 5.89 Å². The highest BCUT2D eigenvalue weighted by atomic mass is 32.1. The van der Waals surface area contributed by atoms with Gasteiger partial charge in [-0.25, -0.2) is 0 Å². The van der Waals surface area contributed by atoms with Gasteiger partial charge in [-0.1, -0.05) is 19.0 Å². The number of hydrogen-bond donors (Lipinski definition) is 3. The number of ether oxygens (including phenoxy) is 1. The summed E-state index contributed by atoms with van der Waals surface area (Å²) in [5, 5.41) is 25.2. The van der Waals surface area contributed by atoms with Crippen molar-refractivity contribution in [3.05, 3.63) is 40.3 Å². The topological polar surface area (TPSA) is 118 Å². The lowest BCUT2D eigenvalue weighted by atomic mass is 10.1. The summed E-state index contributed by atoms with van der Waals surface area (Å²) in [7, 11) is 0. The molecule has 3 rings (SSSR count). The molecule has 0 radical (unpaired) electrons. The zero-order chi connectivity index (χ0) is 23.3. The number of thiophene rings is 1. The molecule has 3 N–H and O–H groups in total. The number of aryl methyl sites for hydroxylation is 2. The SMILES string of the molecule is Cc1cc(-c2noc(-c3ccc(CC(C)C)s3)n2)cc(C)c1OCC(O)CNC(=O)CO. The first kappa shape index (κ1) is 23.9. The van der Waals surface area contributed by atoms with Gasteiger partial charge in [-0.05, 0) is 61.6 Å². The largest absolute Gasteiger partial charge is 0.490 e. The molecule has 32 heavy (non-hydrogen) atoms. The van der Waals surface area contributed by atoms with Gasteiger partial charge in [0.2, 0.25) is 11.7 Å². The maximum atomic E-state index is 11.1. The Bertz CT molecular complexity index is 1040. The third-order valence-electron chi connectivity index (χ3n) is 4.72. The van der Waals surface area contributed by atoms with E-state index >= 15 is 0 Å². The number of aromatic nitrogens is 2. The number of rotatable bonds is 10. The number of benzene rings is 1. The van der Waals surface area contributed by atoms with Crippen molar-refractivity contribution in [3.8, 4) is 27.9 Å². The molecular formula is C23H29N3O5S. The molecule has 9 heteroatoms. The third-order valence-corrected chi connectivity index (χ3v) is 5.82. The van der Waals surface area contributed by atoms with E-state index in [1.54, 1.807) is 11.3 Å². The lowest BCUT2D eigenvalue weighted by Gasteiger charge is -2.16. The minimum atomic E-state index is -0.893. The highest BCUT2D eigenvalue weighted by Crippen LogP contribution is 2.32. The number of carbonyl (C=O) groups excluding carboxylic acids is 1. The molecule has 0 saturated heterocycles. The Labute approximate surface area is 191 Å². The third kappa shape index (κ3) is 6.15. The van der Waals surface area contributed by atoms with Gasteiger partial charge < -0.3 is 24.8 Å². The lowest BCUT2D eigenvalue weighted by Crippen LogP contribution is -2.36. The van der Waals surface area contributed by atoms with E-state index < -0.39 is 18.6 Å². The minimum absolute atomic E-state index is 0.00279. The first-order valence-corrected chi connectivity index (χ1v) is 11.3. The van der Waals surface area contributed by atoms with E-state index in [9.17, 15) is 9.90 Å². The highest BCUT2D eigenvalue weighted by Gasteiger charge is 2.16. The molecule has 0 fully saturated rings. The highest BCUT2D eigenvalue weighted by molar-refractivity contribution is 7.15. The number of nitrogens with one attached hydrogen (secondary N) is 1. The summed E-state index contributed by atoms with van der Waals surface area (Å²) in [5.41, 5.74) is 2.55. The summed E-state index contributed by atoms with van der Waals surface area (Å²) in [4.78, 5) is 17.9. The number of hydrogen-bond acceptors (Lipinski definition) is 8. The van der Waals surface area contributed by atoms with Crippen LogP contribution in [0.2, 0.25) is 0 Å². The first-order chi connectivity index (χ1) is 15.3. The van der Waals surface area contributed by atoms with Crippen LogP contribution < -0.4 is 10.1 Å². The van der Waals surface area contributed by atoms with E-state index in [1.165, 1.54) is 4.88 Å². The number of amides is 1. The van der Waals surface area contributed by atoms with Gasteiger partial charge in [0.05, 0.1) is 4.88 Å². The van der Waals surface area contributed by atoms with Crippen molar-refractivity contribution in [3.63, 3.8) is 0 Å². The molecule has 0 aliphatic rings. The van der Waals surface area contributed by atoms with Crippen molar-refractivity contribution in [2.75, 3.05) is 19.8 Å². The Morgan fingerprint density at radius 2 is 1.97 bits per heavy atom. The molecule has 172 valence electrons. The van der Waals surface area contributed by atoms with Crippen molar-refractivity contribution < 1.29 is 24.3 Å². The smallest absolute Gasteiger partial charge is 0.268 e. The summed E-state index contributed by atoms with van der Waals surface area (Å²) < 4.78 is 11.3. The molecule has 0 saturated carbocycles. The van der Waals surface area contributed by atoms with Crippen LogP contribution in [0.1, 0.15) is 29.9 Å². The quantitative estimate of drug-likeness (QED) is 0.426. The van der Waals surface area contributed by atoms with E-state index in [0.29, 0.717) is 23.4 Å². The van der Waals surface area contributed by atoms with Crippen LogP contribution in [-0.2, 0) is 11.2 Å². The van der Waals surface area contributed by atoms with Crippen LogP contribution in [0.3, 0.4) is 0 Å². The van der Waals surface area contributed by atoms with Gasteiger partial charge in [0, 0.05) is 17.0 Å². The summed E-state index contributed by atoms with van der Waals surface area (Å²) in [6.45, 7) is 7.60. The van der Waals surface area contributed by atoms with Crippen LogP contribution in [0.4, 0.5) is 0 Å². The molecule has 1 atom stereocenters. The standard InChI is InChI=1S/C23H29N3O5S/c1-13(2)7-18-5-6-19(32-18)23-25-22(26-31-23)16-8-14(3)21(15(4)9-16)30-12-17(28)10-24-20(29)11-27/h5-6,8-9,13,17,27-28H,7,10-12H2,1-4H3,(H,24,29). The Morgan fingerprint density at radius 1 is 1.25 bits per heavy atom. The van der Waals surface area contributed by atoms with Crippen LogP contribution in [0.5, 0.6) is 5.75 Å². The molecule has 2 heterocycles. The van der Waals surface area contributed by atoms with E-state index in [1.807, 2.05) is 32.0 Å². The van der Waals surface area contributed by atoms with Crippen molar-refractivity contribution in [2.45, 2.75) is 40.2 Å². The van der Waals surface area contributed by atoms with Gasteiger partial charge in [-0.3, -0.25) is 4.79 Å². The molecule has 0 aliphatic carbocycles. The van der Waals surface area contributed by atoms with Crippen LogP contribution in [0, 0.1) is 19.8 Å². The van der Waals surface area contributed by atoms with E-state index in [-0.39, 0.29) is 13.2 Å². The van der Waals surface area contributed by atoms with Crippen LogP contribution >= 0.6 is 11.3 Å². The second-order valence-corrected chi connectivity index (χ2v) is 9.32. The molecule has 3 aromatic rings.